The van der Waals surface area contributed by atoms with Gasteiger partial charge < -0.3 is 9.47 Å². The lowest BCUT2D eigenvalue weighted by atomic mass is 10.1. The second-order valence-corrected chi connectivity index (χ2v) is 10.5. The van der Waals surface area contributed by atoms with Crippen molar-refractivity contribution in [3.05, 3.63) is 95.9 Å². The summed E-state index contributed by atoms with van der Waals surface area (Å²) in [4.78, 5) is 18.2. The Balaban J connectivity index is 1.80. The van der Waals surface area contributed by atoms with E-state index in [2.05, 4.69) is 43.9 Å². The summed E-state index contributed by atoms with van der Waals surface area (Å²) in [5.41, 5.74) is 2.00. The molecule has 1 atom stereocenters. The van der Waals surface area contributed by atoms with Crippen molar-refractivity contribution in [2.75, 3.05) is 7.11 Å². The fourth-order valence-corrected chi connectivity index (χ4v) is 4.57. The first-order valence-corrected chi connectivity index (χ1v) is 13.3. The van der Waals surface area contributed by atoms with Gasteiger partial charge in [0.15, 0.2) is 11.5 Å². The summed E-state index contributed by atoms with van der Waals surface area (Å²) in [5.74, 6) is 1.67. The monoisotopic (exact) mass is 631 g/mol. The van der Waals surface area contributed by atoms with Crippen LogP contribution in [-0.4, -0.2) is 23.0 Å². The summed E-state index contributed by atoms with van der Waals surface area (Å²) < 4.78 is 14.7. The maximum absolute atomic E-state index is 13.5. The van der Waals surface area contributed by atoms with Crippen molar-refractivity contribution in [3.8, 4) is 11.5 Å². The van der Waals surface area contributed by atoms with Crippen LogP contribution in [-0.2, 0) is 6.61 Å². The number of halogens is 3. The lowest BCUT2D eigenvalue weighted by Gasteiger charge is -2.16. The molecule has 0 unspecified atom stereocenters. The second kappa shape index (κ2) is 11.6. The maximum Gasteiger partial charge on any atom is 0.282 e. The van der Waals surface area contributed by atoms with E-state index >= 15 is 0 Å². The Kier molecular flexibility index (Phi) is 8.49. The Morgan fingerprint density at radius 2 is 1.86 bits per heavy atom. The molecule has 9 heteroatoms. The van der Waals surface area contributed by atoms with E-state index in [-0.39, 0.29) is 11.5 Å². The molecule has 0 bridgehead atoms. The number of fused-ring (bicyclic) bond motifs is 1. The van der Waals surface area contributed by atoms with Crippen LogP contribution in [0.25, 0.3) is 10.9 Å². The van der Waals surface area contributed by atoms with Crippen molar-refractivity contribution in [2.24, 2.45) is 5.10 Å². The van der Waals surface area contributed by atoms with E-state index in [0.717, 1.165) is 20.9 Å². The Bertz CT molecular complexity index is 1490. The molecule has 0 amide bonds. The van der Waals surface area contributed by atoms with Crippen molar-refractivity contribution in [2.45, 2.75) is 32.8 Å². The SMILES string of the molecule is CC[C@H](C)c1nc2ccc(Br)cc2c(=O)n1N=Cc1cc(Br)cc(OC)c1OCc1ccc(Cl)cc1. The molecule has 36 heavy (non-hydrogen) atoms. The predicted molar refractivity (Wildman–Crippen MR) is 152 cm³/mol. The molecule has 0 aliphatic rings. The highest BCUT2D eigenvalue weighted by molar-refractivity contribution is 9.10. The zero-order valence-corrected chi connectivity index (χ0v) is 23.9. The summed E-state index contributed by atoms with van der Waals surface area (Å²) in [5, 5.41) is 5.74. The second-order valence-electron chi connectivity index (χ2n) is 8.24. The molecule has 0 spiro atoms. The number of ether oxygens (including phenoxy) is 2. The maximum atomic E-state index is 13.5. The van der Waals surface area contributed by atoms with E-state index in [1.54, 1.807) is 19.4 Å². The molecule has 0 aliphatic heterocycles. The molecular formula is C27H24Br2ClN3O3. The first kappa shape index (κ1) is 26.4. The van der Waals surface area contributed by atoms with Crippen molar-refractivity contribution in [1.29, 1.82) is 0 Å². The van der Waals surface area contributed by atoms with Gasteiger partial charge in [0.1, 0.15) is 12.4 Å². The Morgan fingerprint density at radius 3 is 2.56 bits per heavy atom. The highest BCUT2D eigenvalue weighted by Crippen LogP contribution is 2.35. The Morgan fingerprint density at radius 1 is 1.11 bits per heavy atom. The summed E-state index contributed by atoms with van der Waals surface area (Å²) >= 11 is 13.0. The van der Waals surface area contributed by atoms with Gasteiger partial charge in [-0.15, -0.1) is 0 Å². The molecule has 0 radical (unpaired) electrons. The Hall–Kier alpha value is -2.68. The van der Waals surface area contributed by atoms with Gasteiger partial charge in [0.05, 0.1) is 24.2 Å². The molecule has 3 aromatic carbocycles. The summed E-state index contributed by atoms with van der Waals surface area (Å²) in [6.45, 7) is 4.39. The molecule has 6 nitrogen and oxygen atoms in total. The van der Waals surface area contributed by atoms with Crippen LogP contribution in [0.5, 0.6) is 11.5 Å². The first-order chi connectivity index (χ1) is 17.3. The first-order valence-electron chi connectivity index (χ1n) is 11.3. The van der Waals surface area contributed by atoms with Crippen LogP contribution in [0.4, 0.5) is 0 Å². The van der Waals surface area contributed by atoms with Crippen molar-refractivity contribution in [3.63, 3.8) is 0 Å². The van der Waals surface area contributed by atoms with E-state index in [9.17, 15) is 4.79 Å². The number of hydrogen-bond donors (Lipinski definition) is 0. The van der Waals surface area contributed by atoms with Crippen molar-refractivity contribution < 1.29 is 9.47 Å². The van der Waals surface area contributed by atoms with E-state index in [1.807, 2.05) is 55.5 Å². The largest absolute Gasteiger partial charge is 0.493 e. The standard InChI is InChI=1S/C27H24Br2ClN3O3/c1-4-16(2)26-32-23-10-7-19(28)12-22(23)27(34)33(26)31-14-18-11-20(29)13-24(35-3)25(18)36-15-17-5-8-21(30)9-6-17/h5-14,16H,4,15H2,1-3H3/t16-/m0/s1. The minimum absolute atomic E-state index is 0.0283. The van der Waals surface area contributed by atoms with Crippen LogP contribution in [0.2, 0.25) is 5.02 Å². The molecule has 0 saturated heterocycles. The molecule has 186 valence electrons. The third-order valence-corrected chi connectivity index (χ3v) is 6.97. The topological polar surface area (TPSA) is 65.7 Å². The van der Waals surface area contributed by atoms with Gasteiger partial charge in [0.25, 0.3) is 5.56 Å². The molecule has 1 aromatic heterocycles. The average molecular weight is 634 g/mol. The van der Waals surface area contributed by atoms with E-state index in [4.69, 9.17) is 26.1 Å². The van der Waals surface area contributed by atoms with Gasteiger partial charge in [-0.05, 0) is 54.4 Å². The number of rotatable bonds is 8. The third-order valence-electron chi connectivity index (χ3n) is 5.76. The summed E-state index contributed by atoms with van der Waals surface area (Å²) in [7, 11) is 1.58. The van der Waals surface area contributed by atoms with Gasteiger partial charge in [0.2, 0.25) is 0 Å². The molecule has 4 rings (SSSR count). The number of nitrogens with zero attached hydrogens (tertiary/aromatic N) is 3. The Labute approximate surface area is 231 Å². The van der Waals surface area contributed by atoms with Crippen LogP contribution < -0.4 is 15.0 Å². The summed E-state index contributed by atoms with van der Waals surface area (Å²) in [6, 6.07) is 16.6. The van der Waals surface area contributed by atoms with Gasteiger partial charge in [-0.1, -0.05) is 69.4 Å². The zero-order chi connectivity index (χ0) is 25.8. The normalized spacial score (nSPS) is 12.3. The zero-order valence-electron chi connectivity index (χ0n) is 20.0. The summed E-state index contributed by atoms with van der Waals surface area (Å²) in [6.07, 6.45) is 2.41. The van der Waals surface area contributed by atoms with Crippen LogP contribution >= 0.6 is 43.5 Å². The predicted octanol–water partition coefficient (Wildman–Crippen LogP) is 7.56. The molecule has 0 N–H and O–H groups in total. The number of benzene rings is 3. The number of aromatic nitrogens is 2. The van der Waals surface area contributed by atoms with Crippen molar-refractivity contribution >= 4 is 60.6 Å². The van der Waals surface area contributed by atoms with E-state index in [0.29, 0.717) is 45.4 Å². The van der Waals surface area contributed by atoms with Crippen LogP contribution in [0.3, 0.4) is 0 Å². The van der Waals surface area contributed by atoms with E-state index in [1.165, 1.54) is 4.68 Å². The fourth-order valence-electron chi connectivity index (χ4n) is 3.63. The highest BCUT2D eigenvalue weighted by Gasteiger charge is 2.17. The smallest absolute Gasteiger partial charge is 0.282 e. The quantitative estimate of drug-likeness (QED) is 0.188. The highest BCUT2D eigenvalue weighted by atomic mass is 79.9. The third kappa shape index (κ3) is 5.82. The molecular weight excluding hydrogens is 610 g/mol. The van der Waals surface area contributed by atoms with Crippen molar-refractivity contribution in [1.82, 2.24) is 9.66 Å². The van der Waals surface area contributed by atoms with Gasteiger partial charge in [-0.2, -0.15) is 9.78 Å². The fraction of sp³-hybridized carbons (Fsp3) is 0.222. The number of methoxy groups -OCH3 is 1. The molecule has 4 aromatic rings. The van der Waals surface area contributed by atoms with Crippen LogP contribution in [0, 0.1) is 0 Å². The minimum Gasteiger partial charge on any atom is -0.493 e. The van der Waals surface area contributed by atoms with Gasteiger partial charge >= 0.3 is 0 Å². The van der Waals surface area contributed by atoms with Gasteiger partial charge in [-0.25, -0.2) is 4.98 Å². The van der Waals surface area contributed by atoms with Gasteiger partial charge in [0, 0.05) is 25.4 Å². The number of hydrogen-bond acceptors (Lipinski definition) is 5. The average Bonchev–Trinajstić information content (AvgIpc) is 2.87. The molecule has 0 fully saturated rings. The van der Waals surface area contributed by atoms with Crippen LogP contribution in [0.15, 0.2) is 73.4 Å². The lowest BCUT2D eigenvalue weighted by molar-refractivity contribution is 0.284. The molecule has 1 heterocycles. The van der Waals surface area contributed by atoms with Crippen LogP contribution in [0.1, 0.15) is 43.1 Å². The molecule has 0 aliphatic carbocycles. The minimum atomic E-state index is -0.238. The lowest BCUT2D eigenvalue weighted by Crippen LogP contribution is -2.23. The molecule has 0 saturated carbocycles. The van der Waals surface area contributed by atoms with E-state index < -0.39 is 0 Å². The van der Waals surface area contributed by atoms with Gasteiger partial charge in [-0.3, -0.25) is 4.79 Å².